The fourth-order valence-corrected chi connectivity index (χ4v) is 5.55. The molecule has 33 heavy (non-hydrogen) atoms. The maximum atomic E-state index is 13.1. The van der Waals surface area contributed by atoms with Crippen LogP contribution in [0.25, 0.3) is 32.2 Å². The number of nitrogens with one attached hydrogen (secondary N) is 1. The number of methoxy groups -OCH3 is 2. The highest BCUT2D eigenvalue weighted by atomic mass is 32.1. The number of thiazole rings is 1. The quantitative estimate of drug-likeness (QED) is 0.339. The summed E-state index contributed by atoms with van der Waals surface area (Å²) >= 11 is 2.70. The molecule has 0 saturated carbocycles. The van der Waals surface area contributed by atoms with Crippen molar-refractivity contribution in [3.63, 3.8) is 0 Å². The average Bonchev–Trinajstić information content (AvgIpc) is 3.43. The van der Waals surface area contributed by atoms with E-state index in [0.717, 1.165) is 33.0 Å². The van der Waals surface area contributed by atoms with Crippen LogP contribution in [0.15, 0.2) is 47.8 Å². The number of thiophene rings is 1. The molecule has 0 fully saturated rings. The van der Waals surface area contributed by atoms with Gasteiger partial charge in [-0.2, -0.15) is 4.98 Å². The van der Waals surface area contributed by atoms with Crippen LogP contribution in [0.1, 0.15) is 21.1 Å². The first-order chi connectivity index (χ1) is 16.1. The first kappa shape index (κ1) is 21.4. The molecule has 1 amide bonds. The van der Waals surface area contributed by atoms with Crippen molar-refractivity contribution in [2.24, 2.45) is 0 Å². The monoisotopic (exact) mass is 476 g/mol. The molecule has 0 atom stereocenters. The SMILES string of the molecule is COCc1nc(OC)c2c(C)c(C(=O)Nc3nc(-c4cccc5ccccc45)cs3)sc2n1. The van der Waals surface area contributed by atoms with Crippen molar-refractivity contribution in [2.45, 2.75) is 13.5 Å². The largest absolute Gasteiger partial charge is 0.480 e. The van der Waals surface area contributed by atoms with Crippen molar-refractivity contribution in [3.05, 3.63) is 64.1 Å². The zero-order chi connectivity index (χ0) is 22.9. The number of amides is 1. The first-order valence-electron chi connectivity index (χ1n) is 10.2. The molecule has 3 aromatic heterocycles. The van der Waals surface area contributed by atoms with E-state index >= 15 is 0 Å². The predicted molar refractivity (Wildman–Crippen MR) is 132 cm³/mol. The van der Waals surface area contributed by atoms with E-state index in [2.05, 4.69) is 38.5 Å². The van der Waals surface area contributed by atoms with E-state index in [1.807, 2.05) is 36.6 Å². The van der Waals surface area contributed by atoms with Gasteiger partial charge in [-0.25, -0.2) is 9.97 Å². The van der Waals surface area contributed by atoms with Crippen LogP contribution in [-0.2, 0) is 11.3 Å². The maximum Gasteiger partial charge on any atom is 0.267 e. The number of hydrogen-bond acceptors (Lipinski definition) is 8. The second kappa shape index (κ2) is 8.86. The van der Waals surface area contributed by atoms with E-state index in [1.165, 1.54) is 22.7 Å². The van der Waals surface area contributed by atoms with Crippen LogP contribution < -0.4 is 10.1 Å². The van der Waals surface area contributed by atoms with Crippen molar-refractivity contribution in [2.75, 3.05) is 19.5 Å². The lowest BCUT2D eigenvalue weighted by molar-refractivity contribution is 0.103. The molecule has 7 nitrogen and oxygen atoms in total. The van der Waals surface area contributed by atoms with E-state index in [1.54, 1.807) is 14.2 Å². The van der Waals surface area contributed by atoms with Crippen LogP contribution in [0, 0.1) is 6.92 Å². The van der Waals surface area contributed by atoms with Gasteiger partial charge in [0, 0.05) is 18.1 Å². The molecule has 0 aliphatic heterocycles. The number of carbonyl (C=O) groups is 1. The Labute approximate surface area is 198 Å². The van der Waals surface area contributed by atoms with Gasteiger partial charge in [-0.15, -0.1) is 22.7 Å². The van der Waals surface area contributed by atoms with Gasteiger partial charge in [-0.1, -0.05) is 42.5 Å². The minimum atomic E-state index is -0.232. The van der Waals surface area contributed by atoms with E-state index < -0.39 is 0 Å². The van der Waals surface area contributed by atoms with Crippen molar-refractivity contribution in [3.8, 4) is 17.1 Å². The van der Waals surface area contributed by atoms with Crippen molar-refractivity contribution in [1.82, 2.24) is 15.0 Å². The number of fused-ring (bicyclic) bond motifs is 2. The van der Waals surface area contributed by atoms with Crippen molar-refractivity contribution < 1.29 is 14.3 Å². The van der Waals surface area contributed by atoms with Gasteiger partial charge in [-0.05, 0) is 23.3 Å². The second-order valence-corrected chi connectivity index (χ2v) is 9.19. The number of rotatable bonds is 6. The molecular weight excluding hydrogens is 456 g/mol. The fraction of sp³-hybridized carbons (Fsp3) is 0.167. The summed E-state index contributed by atoms with van der Waals surface area (Å²) in [5, 5.41) is 8.45. The molecule has 5 aromatic rings. The summed E-state index contributed by atoms with van der Waals surface area (Å²) < 4.78 is 10.6. The standard InChI is InChI=1S/C24H20N4O3S2/c1-13-19-22(31-3)26-18(11-30-2)27-23(19)33-20(13)21(29)28-24-25-17(12-32-24)16-10-6-8-14-7-4-5-9-15(14)16/h4-10,12H,11H2,1-3H3,(H,25,28,29). The molecule has 0 bridgehead atoms. The third-order valence-corrected chi connectivity index (χ3v) is 7.21. The number of benzene rings is 2. The van der Waals surface area contributed by atoms with E-state index in [4.69, 9.17) is 9.47 Å². The smallest absolute Gasteiger partial charge is 0.267 e. The van der Waals surface area contributed by atoms with Gasteiger partial charge < -0.3 is 9.47 Å². The van der Waals surface area contributed by atoms with Crippen LogP contribution in [0.4, 0.5) is 5.13 Å². The van der Waals surface area contributed by atoms with Crippen LogP contribution in [0.5, 0.6) is 5.88 Å². The number of nitrogens with zero attached hydrogens (tertiary/aromatic N) is 3. The Morgan fingerprint density at radius 2 is 1.88 bits per heavy atom. The van der Waals surface area contributed by atoms with Crippen molar-refractivity contribution in [1.29, 1.82) is 0 Å². The highest BCUT2D eigenvalue weighted by Gasteiger charge is 2.22. The minimum absolute atomic E-state index is 0.232. The highest BCUT2D eigenvalue weighted by Crippen LogP contribution is 2.36. The van der Waals surface area contributed by atoms with Crippen LogP contribution in [0.3, 0.4) is 0 Å². The first-order valence-corrected chi connectivity index (χ1v) is 11.9. The van der Waals surface area contributed by atoms with Gasteiger partial charge in [0.2, 0.25) is 5.88 Å². The summed E-state index contributed by atoms with van der Waals surface area (Å²) in [6, 6.07) is 14.3. The third kappa shape index (κ3) is 3.95. The maximum absolute atomic E-state index is 13.1. The minimum Gasteiger partial charge on any atom is -0.480 e. The molecule has 166 valence electrons. The van der Waals surface area contributed by atoms with Crippen LogP contribution >= 0.6 is 22.7 Å². The molecule has 0 radical (unpaired) electrons. The summed E-state index contributed by atoms with van der Waals surface area (Å²) in [6.07, 6.45) is 0. The van der Waals surface area contributed by atoms with Crippen molar-refractivity contribution >= 4 is 54.7 Å². The molecule has 0 unspecified atom stereocenters. The van der Waals surface area contributed by atoms with Gasteiger partial charge in [0.05, 0.1) is 23.1 Å². The molecule has 2 aromatic carbocycles. The molecule has 5 rings (SSSR count). The molecule has 3 heterocycles. The Morgan fingerprint density at radius 3 is 2.70 bits per heavy atom. The van der Waals surface area contributed by atoms with Crippen LogP contribution in [0.2, 0.25) is 0 Å². The summed E-state index contributed by atoms with van der Waals surface area (Å²) in [6.45, 7) is 2.14. The molecule has 9 heteroatoms. The number of ether oxygens (including phenoxy) is 2. The number of aromatic nitrogens is 3. The van der Waals surface area contributed by atoms with E-state index in [-0.39, 0.29) is 12.5 Å². The summed E-state index contributed by atoms with van der Waals surface area (Å²) in [5.41, 5.74) is 2.64. The molecule has 0 spiro atoms. The summed E-state index contributed by atoms with van der Waals surface area (Å²) in [5.74, 6) is 0.715. The number of anilines is 1. The number of aryl methyl sites for hydroxylation is 1. The Bertz CT molecular complexity index is 1490. The zero-order valence-corrected chi connectivity index (χ0v) is 19.8. The molecule has 0 aliphatic rings. The van der Waals surface area contributed by atoms with Crippen LogP contribution in [-0.4, -0.2) is 35.1 Å². The predicted octanol–water partition coefficient (Wildman–Crippen LogP) is 5.68. The topological polar surface area (TPSA) is 86.2 Å². The zero-order valence-electron chi connectivity index (χ0n) is 18.2. The Morgan fingerprint density at radius 1 is 1.06 bits per heavy atom. The van der Waals surface area contributed by atoms with Gasteiger partial charge in [0.1, 0.15) is 11.4 Å². The molecule has 0 saturated heterocycles. The average molecular weight is 477 g/mol. The van der Waals surface area contributed by atoms with E-state index in [0.29, 0.717) is 26.5 Å². The van der Waals surface area contributed by atoms with E-state index in [9.17, 15) is 4.79 Å². The lowest BCUT2D eigenvalue weighted by Crippen LogP contribution is -2.11. The lowest BCUT2D eigenvalue weighted by atomic mass is 10.0. The molecule has 1 N–H and O–H groups in total. The second-order valence-electron chi connectivity index (χ2n) is 7.34. The molecular formula is C24H20N4O3S2. The Hall–Kier alpha value is -3.40. The van der Waals surface area contributed by atoms with Gasteiger partial charge in [0.15, 0.2) is 11.0 Å². The van der Waals surface area contributed by atoms with Gasteiger partial charge in [-0.3, -0.25) is 10.1 Å². The lowest BCUT2D eigenvalue weighted by Gasteiger charge is -2.05. The number of carbonyl (C=O) groups excluding carboxylic acids is 1. The Kier molecular flexibility index (Phi) is 5.76. The summed E-state index contributed by atoms with van der Waals surface area (Å²) in [4.78, 5) is 28.0. The summed E-state index contributed by atoms with van der Waals surface area (Å²) in [7, 11) is 3.14. The normalized spacial score (nSPS) is 11.2. The third-order valence-electron chi connectivity index (χ3n) is 5.27. The van der Waals surface area contributed by atoms with Gasteiger partial charge in [0.25, 0.3) is 5.91 Å². The van der Waals surface area contributed by atoms with Gasteiger partial charge >= 0.3 is 0 Å². The highest BCUT2D eigenvalue weighted by molar-refractivity contribution is 7.21. The molecule has 0 aliphatic carbocycles. The Balaban J connectivity index is 1.46. The number of hydrogen-bond donors (Lipinski definition) is 1. The fourth-order valence-electron chi connectivity index (χ4n) is 3.76.